The highest BCUT2D eigenvalue weighted by Crippen LogP contribution is 2.20. The van der Waals surface area contributed by atoms with Crippen LogP contribution in [0.25, 0.3) is 0 Å². The number of nitrogens with zero attached hydrogens (tertiary/aromatic N) is 4. The first-order valence-corrected chi connectivity index (χ1v) is 5.79. The van der Waals surface area contributed by atoms with Crippen LogP contribution in [0.1, 0.15) is 13.8 Å². The van der Waals surface area contributed by atoms with Crippen molar-refractivity contribution in [1.82, 2.24) is 19.6 Å². The summed E-state index contributed by atoms with van der Waals surface area (Å²) in [5, 5.41) is 0. The molecule has 0 unspecified atom stereocenters. The van der Waals surface area contributed by atoms with Crippen molar-refractivity contribution in [2.24, 2.45) is 0 Å². The third-order valence-corrected chi connectivity index (χ3v) is 2.81. The Hall–Kier alpha value is -0.200. The molecule has 0 amide bonds. The summed E-state index contributed by atoms with van der Waals surface area (Å²) >= 11 is 0. The van der Waals surface area contributed by atoms with E-state index in [1.807, 2.05) is 13.8 Å². The smallest absolute Gasteiger partial charge is 0.0555 e. The summed E-state index contributed by atoms with van der Waals surface area (Å²) in [6.45, 7) is 12.8. The molecule has 0 spiro atoms. The van der Waals surface area contributed by atoms with Gasteiger partial charge in [0, 0.05) is 13.2 Å². The van der Waals surface area contributed by atoms with E-state index in [4.69, 9.17) is 4.74 Å². The number of hydrogen-bond donors (Lipinski definition) is 0. The zero-order valence-electron chi connectivity index (χ0n) is 9.85. The van der Waals surface area contributed by atoms with E-state index in [2.05, 4.69) is 19.6 Å². The van der Waals surface area contributed by atoms with E-state index in [0.29, 0.717) is 0 Å². The second-order valence-corrected chi connectivity index (χ2v) is 4.31. The van der Waals surface area contributed by atoms with E-state index in [0.717, 1.165) is 13.2 Å². The molecule has 4 aliphatic heterocycles. The fourth-order valence-electron chi connectivity index (χ4n) is 2.44. The van der Waals surface area contributed by atoms with Crippen LogP contribution in [0.15, 0.2) is 0 Å². The van der Waals surface area contributed by atoms with Gasteiger partial charge >= 0.3 is 0 Å². The predicted octanol–water partition coefficient (Wildman–Crippen LogP) is 0.0230. The third kappa shape index (κ3) is 2.89. The van der Waals surface area contributed by atoms with Gasteiger partial charge in [0.15, 0.2) is 0 Å². The molecule has 0 aromatic heterocycles. The molecule has 0 aliphatic carbocycles. The lowest BCUT2D eigenvalue weighted by atomic mass is 10.4. The first-order valence-electron chi connectivity index (χ1n) is 5.79. The second kappa shape index (κ2) is 5.23. The Morgan fingerprint density at radius 1 is 0.667 bits per heavy atom. The molecule has 0 aromatic rings. The quantitative estimate of drug-likeness (QED) is 0.644. The van der Waals surface area contributed by atoms with Gasteiger partial charge in [0.2, 0.25) is 0 Å². The van der Waals surface area contributed by atoms with Crippen molar-refractivity contribution >= 4 is 0 Å². The van der Waals surface area contributed by atoms with Crippen molar-refractivity contribution in [1.29, 1.82) is 0 Å². The summed E-state index contributed by atoms with van der Waals surface area (Å²) in [7, 11) is 0. The Bertz CT molecular complexity index is 141. The fraction of sp³-hybridized carbons (Fsp3) is 1.00. The molecule has 88 valence electrons. The molecular weight excluding hydrogens is 192 g/mol. The monoisotopic (exact) mass is 214 g/mol. The molecule has 4 saturated heterocycles. The van der Waals surface area contributed by atoms with Crippen LogP contribution in [0.4, 0.5) is 0 Å². The summed E-state index contributed by atoms with van der Waals surface area (Å²) < 4.78 is 4.83. The van der Waals surface area contributed by atoms with Crippen LogP contribution in [0.2, 0.25) is 0 Å². The minimum atomic E-state index is 0.844. The molecule has 0 atom stereocenters. The van der Waals surface area contributed by atoms with Gasteiger partial charge in [-0.2, -0.15) is 0 Å². The lowest BCUT2D eigenvalue weighted by Crippen LogP contribution is -2.71. The van der Waals surface area contributed by atoms with Gasteiger partial charge in [0.1, 0.15) is 0 Å². The van der Waals surface area contributed by atoms with Gasteiger partial charge in [-0.1, -0.05) is 0 Å². The highest BCUT2D eigenvalue weighted by Gasteiger charge is 2.36. The van der Waals surface area contributed by atoms with E-state index in [9.17, 15) is 0 Å². The van der Waals surface area contributed by atoms with Gasteiger partial charge in [-0.15, -0.1) is 0 Å². The van der Waals surface area contributed by atoms with Gasteiger partial charge < -0.3 is 4.74 Å². The number of ether oxygens (including phenoxy) is 1. The van der Waals surface area contributed by atoms with E-state index in [1.165, 1.54) is 40.0 Å². The summed E-state index contributed by atoms with van der Waals surface area (Å²) in [6, 6.07) is 0. The summed E-state index contributed by atoms with van der Waals surface area (Å²) in [6.07, 6.45) is 0. The Labute approximate surface area is 92.2 Å². The van der Waals surface area contributed by atoms with Gasteiger partial charge in [-0.3, -0.25) is 19.6 Å². The van der Waals surface area contributed by atoms with Gasteiger partial charge in [0.05, 0.1) is 40.0 Å². The van der Waals surface area contributed by atoms with Crippen molar-refractivity contribution in [3.63, 3.8) is 0 Å². The zero-order valence-corrected chi connectivity index (χ0v) is 9.85. The minimum absolute atomic E-state index is 0.844. The maximum absolute atomic E-state index is 4.83. The minimum Gasteiger partial charge on any atom is -0.382 e. The molecule has 4 fully saturated rings. The fourth-order valence-corrected chi connectivity index (χ4v) is 2.44. The molecule has 4 bridgehead atoms. The van der Waals surface area contributed by atoms with Gasteiger partial charge in [-0.25, -0.2) is 0 Å². The Morgan fingerprint density at radius 3 is 1.07 bits per heavy atom. The van der Waals surface area contributed by atoms with Crippen molar-refractivity contribution in [3.05, 3.63) is 0 Å². The van der Waals surface area contributed by atoms with E-state index >= 15 is 0 Å². The Balaban J connectivity index is 0.000000149. The molecule has 5 nitrogen and oxygen atoms in total. The predicted molar refractivity (Wildman–Crippen MR) is 58.7 cm³/mol. The molecule has 0 N–H and O–H groups in total. The number of rotatable bonds is 2. The second-order valence-electron chi connectivity index (χ2n) is 4.31. The number of hydrogen-bond acceptors (Lipinski definition) is 5. The lowest BCUT2D eigenvalue weighted by molar-refractivity contribution is -0.194. The van der Waals surface area contributed by atoms with E-state index in [1.54, 1.807) is 0 Å². The van der Waals surface area contributed by atoms with Crippen LogP contribution in [0, 0.1) is 0 Å². The summed E-state index contributed by atoms with van der Waals surface area (Å²) in [5.74, 6) is 0. The van der Waals surface area contributed by atoms with Crippen LogP contribution in [0.3, 0.4) is 0 Å². The first-order chi connectivity index (χ1) is 7.31. The van der Waals surface area contributed by atoms with Crippen molar-refractivity contribution in [3.8, 4) is 0 Å². The highest BCUT2D eigenvalue weighted by molar-refractivity contribution is 4.79. The maximum atomic E-state index is 4.83. The van der Waals surface area contributed by atoms with Crippen molar-refractivity contribution < 1.29 is 4.74 Å². The van der Waals surface area contributed by atoms with E-state index < -0.39 is 0 Å². The van der Waals surface area contributed by atoms with Crippen molar-refractivity contribution in [2.75, 3.05) is 53.2 Å². The summed E-state index contributed by atoms with van der Waals surface area (Å²) in [4.78, 5) is 9.88. The molecule has 4 aliphatic rings. The SMILES string of the molecule is C1N2CN3CN1CN(C2)C3.CCOCC. The van der Waals surface area contributed by atoms with Crippen LogP contribution in [0.5, 0.6) is 0 Å². The molecule has 5 heteroatoms. The standard InChI is InChI=1S/C6H12N4.C4H10O/c1-7-2-9-4-8(1)5-10(3-7)6-9;1-3-5-4-2/h1-6H2;3-4H2,1-2H3. The zero-order chi connectivity index (χ0) is 10.7. The largest absolute Gasteiger partial charge is 0.382 e. The van der Waals surface area contributed by atoms with Crippen LogP contribution in [-0.2, 0) is 4.74 Å². The molecule has 0 saturated carbocycles. The third-order valence-electron chi connectivity index (χ3n) is 2.81. The molecule has 15 heavy (non-hydrogen) atoms. The Kier molecular flexibility index (Phi) is 3.93. The van der Waals surface area contributed by atoms with E-state index in [-0.39, 0.29) is 0 Å². The maximum Gasteiger partial charge on any atom is 0.0555 e. The average Bonchev–Trinajstić information content (AvgIpc) is 2.17. The molecule has 4 rings (SSSR count). The van der Waals surface area contributed by atoms with Crippen LogP contribution in [-0.4, -0.2) is 72.8 Å². The first kappa shape index (κ1) is 11.3. The van der Waals surface area contributed by atoms with Gasteiger partial charge in [0.25, 0.3) is 0 Å². The highest BCUT2D eigenvalue weighted by atomic mass is 16.5. The average molecular weight is 214 g/mol. The van der Waals surface area contributed by atoms with Crippen LogP contribution >= 0.6 is 0 Å². The van der Waals surface area contributed by atoms with Gasteiger partial charge in [-0.05, 0) is 13.8 Å². The normalized spacial score (nSPS) is 41.2. The van der Waals surface area contributed by atoms with Crippen LogP contribution < -0.4 is 0 Å². The molecule has 0 radical (unpaired) electrons. The molecule has 0 aromatic carbocycles. The van der Waals surface area contributed by atoms with Crippen molar-refractivity contribution in [2.45, 2.75) is 13.8 Å². The molecular formula is C10H22N4O. The Morgan fingerprint density at radius 2 is 0.933 bits per heavy atom. The topological polar surface area (TPSA) is 22.2 Å². The lowest BCUT2D eigenvalue weighted by Gasteiger charge is -2.56. The summed E-state index contributed by atoms with van der Waals surface area (Å²) in [5.41, 5.74) is 0. The molecule has 4 heterocycles.